The monoisotopic (exact) mass is 348 g/mol. The molecule has 134 valence electrons. The maximum absolute atomic E-state index is 4.40. The van der Waals surface area contributed by atoms with Crippen molar-refractivity contribution in [3.8, 4) is 11.4 Å². The van der Waals surface area contributed by atoms with E-state index in [1.54, 1.807) is 0 Å². The number of nitrogens with one attached hydrogen (secondary N) is 2. The summed E-state index contributed by atoms with van der Waals surface area (Å²) in [7, 11) is 3.86. The number of rotatable bonds is 5. The molecule has 0 aliphatic carbocycles. The van der Waals surface area contributed by atoms with Crippen molar-refractivity contribution in [2.45, 2.75) is 20.0 Å². The van der Waals surface area contributed by atoms with E-state index in [1.807, 2.05) is 26.2 Å². The van der Waals surface area contributed by atoms with Gasteiger partial charge in [-0.3, -0.25) is 10.1 Å². The Labute approximate surface area is 154 Å². The summed E-state index contributed by atoms with van der Waals surface area (Å²) < 4.78 is 0. The summed E-state index contributed by atoms with van der Waals surface area (Å²) in [6, 6.07) is 16.6. The van der Waals surface area contributed by atoms with Crippen LogP contribution in [-0.2, 0) is 13.1 Å². The molecule has 26 heavy (non-hydrogen) atoms. The van der Waals surface area contributed by atoms with E-state index in [0.29, 0.717) is 6.54 Å². The lowest BCUT2D eigenvalue weighted by Crippen LogP contribution is -2.38. The molecule has 0 unspecified atom stereocenters. The quantitative estimate of drug-likeness (QED) is 0.549. The Bertz CT molecular complexity index is 870. The van der Waals surface area contributed by atoms with E-state index < -0.39 is 0 Å². The third-order valence-electron chi connectivity index (χ3n) is 4.31. The molecule has 3 aromatic rings. The van der Waals surface area contributed by atoms with Crippen molar-refractivity contribution in [2.24, 2.45) is 4.99 Å². The molecule has 0 spiro atoms. The summed E-state index contributed by atoms with van der Waals surface area (Å²) >= 11 is 0. The molecule has 3 rings (SSSR count). The Kier molecular flexibility index (Phi) is 5.63. The fraction of sp³-hybridized carbons (Fsp3) is 0.250. The predicted octanol–water partition coefficient (Wildman–Crippen LogP) is 2.99. The van der Waals surface area contributed by atoms with Gasteiger partial charge in [-0.2, -0.15) is 5.10 Å². The van der Waals surface area contributed by atoms with E-state index in [2.05, 4.69) is 73.7 Å². The number of benzene rings is 2. The van der Waals surface area contributed by atoms with Gasteiger partial charge in [0.1, 0.15) is 6.33 Å². The van der Waals surface area contributed by atoms with Crippen molar-refractivity contribution in [2.75, 3.05) is 14.1 Å². The maximum atomic E-state index is 4.40. The van der Waals surface area contributed by atoms with Crippen molar-refractivity contribution in [1.29, 1.82) is 0 Å². The molecule has 6 heteroatoms. The van der Waals surface area contributed by atoms with Gasteiger partial charge in [-0.1, -0.05) is 42.5 Å². The van der Waals surface area contributed by atoms with Gasteiger partial charge >= 0.3 is 0 Å². The molecular formula is C20H24N6. The lowest BCUT2D eigenvalue weighted by Gasteiger charge is -2.23. The van der Waals surface area contributed by atoms with E-state index in [-0.39, 0.29) is 0 Å². The van der Waals surface area contributed by atoms with Crippen LogP contribution in [0.2, 0.25) is 0 Å². The van der Waals surface area contributed by atoms with Gasteiger partial charge in [-0.05, 0) is 29.7 Å². The fourth-order valence-electron chi connectivity index (χ4n) is 2.86. The van der Waals surface area contributed by atoms with Crippen LogP contribution in [-0.4, -0.2) is 40.1 Å². The predicted molar refractivity (Wildman–Crippen MR) is 105 cm³/mol. The van der Waals surface area contributed by atoms with E-state index in [9.17, 15) is 0 Å². The molecule has 2 N–H and O–H groups in total. The minimum absolute atomic E-state index is 0.687. The second-order valence-electron chi connectivity index (χ2n) is 6.22. The molecule has 2 aromatic carbocycles. The molecule has 0 saturated heterocycles. The molecule has 6 nitrogen and oxygen atoms in total. The second-order valence-corrected chi connectivity index (χ2v) is 6.22. The van der Waals surface area contributed by atoms with Crippen LogP contribution in [0.25, 0.3) is 11.4 Å². The van der Waals surface area contributed by atoms with Crippen LogP contribution in [0.1, 0.15) is 16.7 Å². The molecule has 0 atom stereocenters. The van der Waals surface area contributed by atoms with Crippen LogP contribution in [0.4, 0.5) is 0 Å². The van der Waals surface area contributed by atoms with Gasteiger partial charge in [0, 0.05) is 32.7 Å². The Morgan fingerprint density at radius 3 is 2.77 bits per heavy atom. The minimum Gasteiger partial charge on any atom is -0.352 e. The first-order valence-electron chi connectivity index (χ1n) is 8.58. The Morgan fingerprint density at radius 2 is 2.04 bits per heavy atom. The molecule has 0 saturated carbocycles. The Morgan fingerprint density at radius 1 is 1.19 bits per heavy atom. The molecule has 1 aromatic heterocycles. The van der Waals surface area contributed by atoms with Crippen molar-refractivity contribution >= 4 is 5.96 Å². The van der Waals surface area contributed by atoms with Crippen LogP contribution in [0.15, 0.2) is 59.9 Å². The number of hydrogen-bond donors (Lipinski definition) is 2. The molecule has 0 fully saturated rings. The van der Waals surface area contributed by atoms with E-state index in [1.165, 1.54) is 17.5 Å². The summed E-state index contributed by atoms with van der Waals surface area (Å²) in [5.74, 6) is 1.63. The van der Waals surface area contributed by atoms with E-state index in [0.717, 1.165) is 29.5 Å². The number of aliphatic imine (C=N–C) groups is 1. The number of aromatic amines is 1. The van der Waals surface area contributed by atoms with Gasteiger partial charge in [-0.15, -0.1) is 0 Å². The Hall–Kier alpha value is -3.15. The first-order valence-corrected chi connectivity index (χ1v) is 8.58. The highest BCUT2D eigenvalue weighted by molar-refractivity contribution is 5.79. The maximum Gasteiger partial charge on any atom is 0.193 e. The average Bonchev–Trinajstić information content (AvgIpc) is 3.19. The van der Waals surface area contributed by atoms with Gasteiger partial charge < -0.3 is 10.2 Å². The third kappa shape index (κ3) is 4.27. The molecule has 0 radical (unpaired) electrons. The van der Waals surface area contributed by atoms with Crippen LogP contribution < -0.4 is 5.32 Å². The summed E-state index contributed by atoms with van der Waals surface area (Å²) in [5.41, 5.74) is 4.76. The average molecular weight is 348 g/mol. The van der Waals surface area contributed by atoms with Gasteiger partial charge in [0.25, 0.3) is 0 Å². The highest BCUT2D eigenvalue weighted by Gasteiger charge is 2.08. The number of H-pyrrole nitrogens is 1. The number of hydrogen-bond acceptors (Lipinski definition) is 3. The number of aryl methyl sites for hydroxylation is 1. The van der Waals surface area contributed by atoms with Gasteiger partial charge in [0.05, 0.1) is 0 Å². The largest absolute Gasteiger partial charge is 0.352 e. The zero-order valence-electron chi connectivity index (χ0n) is 15.4. The van der Waals surface area contributed by atoms with Crippen molar-refractivity contribution < 1.29 is 0 Å². The summed E-state index contributed by atoms with van der Waals surface area (Å²) in [6.07, 6.45) is 1.52. The summed E-state index contributed by atoms with van der Waals surface area (Å²) in [5, 5.41) is 10.2. The van der Waals surface area contributed by atoms with Crippen LogP contribution in [0.5, 0.6) is 0 Å². The van der Waals surface area contributed by atoms with Gasteiger partial charge in [0.2, 0.25) is 0 Å². The summed E-state index contributed by atoms with van der Waals surface area (Å²) in [6.45, 7) is 3.63. The fourth-order valence-corrected chi connectivity index (χ4v) is 2.86. The first-order chi connectivity index (χ1) is 12.7. The molecule has 1 heterocycles. The van der Waals surface area contributed by atoms with E-state index in [4.69, 9.17) is 0 Å². The molecule has 0 aliphatic heterocycles. The normalized spacial score (nSPS) is 11.4. The van der Waals surface area contributed by atoms with Crippen LogP contribution in [0.3, 0.4) is 0 Å². The van der Waals surface area contributed by atoms with Crippen molar-refractivity contribution in [1.82, 2.24) is 25.4 Å². The number of nitrogens with zero attached hydrogens (tertiary/aromatic N) is 4. The molecular weight excluding hydrogens is 324 g/mol. The highest BCUT2D eigenvalue weighted by Crippen LogP contribution is 2.15. The highest BCUT2D eigenvalue weighted by atomic mass is 15.3. The second kappa shape index (κ2) is 8.29. The minimum atomic E-state index is 0.687. The SMILES string of the molecule is CN=C(NCc1cccc(-c2ncn[nH]2)c1)N(C)Cc1ccccc1C. The van der Waals surface area contributed by atoms with E-state index >= 15 is 0 Å². The zero-order chi connectivity index (χ0) is 18.4. The standard InChI is InChI=1S/C20H24N6/c1-15-7-4-5-9-18(15)13-26(3)20(21-2)22-12-16-8-6-10-17(11-16)19-23-14-24-25-19/h4-11,14H,12-13H2,1-3H3,(H,21,22)(H,23,24,25). The molecule has 0 aliphatic rings. The topological polar surface area (TPSA) is 69.2 Å². The van der Waals surface area contributed by atoms with Crippen molar-refractivity contribution in [3.63, 3.8) is 0 Å². The molecule has 0 amide bonds. The smallest absolute Gasteiger partial charge is 0.193 e. The number of aromatic nitrogens is 3. The van der Waals surface area contributed by atoms with Gasteiger partial charge in [-0.25, -0.2) is 4.98 Å². The van der Waals surface area contributed by atoms with Crippen LogP contribution in [0, 0.1) is 6.92 Å². The Balaban J connectivity index is 1.64. The lowest BCUT2D eigenvalue weighted by atomic mass is 10.1. The first kappa shape index (κ1) is 17.7. The van der Waals surface area contributed by atoms with Crippen molar-refractivity contribution in [3.05, 3.63) is 71.5 Å². The summed E-state index contributed by atoms with van der Waals surface area (Å²) in [4.78, 5) is 10.7. The number of guanidine groups is 1. The molecule has 0 bridgehead atoms. The third-order valence-corrected chi connectivity index (χ3v) is 4.31. The van der Waals surface area contributed by atoms with Crippen LogP contribution >= 0.6 is 0 Å². The zero-order valence-corrected chi connectivity index (χ0v) is 15.4. The lowest BCUT2D eigenvalue weighted by molar-refractivity contribution is 0.475. The van der Waals surface area contributed by atoms with Gasteiger partial charge in [0.15, 0.2) is 11.8 Å².